The number of hydrogen-bond donors (Lipinski definition) is 2. The molecule has 5 heteroatoms. The number of aliphatic hydroxyl groups is 1. The van der Waals surface area contributed by atoms with E-state index in [9.17, 15) is 4.79 Å². The van der Waals surface area contributed by atoms with Crippen LogP contribution in [0, 0.1) is 0 Å². The molecule has 2 N–H and O–H groups in total. The van der Waals surface area contributed by atoms with Gasteiger partial charge in [-0.1, -0.05) is 12.1 Å². The van der Waals surface area contributed by atoms with Crippen LogP contribution in [0.15, 0.2) is 24.3 Å². The van der Waals surface area contributed by atoms with Gasteiger partial charge in [0.25, 0.3) is 0 Å². The Hall–Kier alpha value is -1.59. The van der Waals surface area contributed by atoms with Crippen LogP contribution in [0.4, 0.5) is 0 Å². The third-order valence-corrected chi connectivity index (χ3v) is 3.37. The number of benzene rings is 1. The van der Waals surface area contributed by atoms with Crippen molar-refractivity contribution in [3.63, 3.8) is 0 Å². The molecule has 0 amide bonds. The minimum absolute atomic E-state index is 0.00336. The predicted molar refractivity (Wildman–Crippen MR) is 74.4 cm³/mol. The number of methoxy groups -OCH3 is 1. The van der Waals surface area contributed by atoms with Crippen LogP contribution in [0.1, 0.15) is 25.3 Å². The van der Waals surface area contributed by atoms with Gasteiger partial charge >= 0.3 is 5.97 Å². The number of aliphatic hydroxyl groups excluding tert-OH is 1. The molecule has 1 aliphatic rings. The number of esters is 1. The summed E-state index contributed by atoms with van der Waals surface area (Å²) in [5.74, 6) is 0.339. The van der Waals surface area contributed by atoms with E-state index < -0.39 is 5.54 Å². The molecule has 0 bridgehead atoms. The Labute approximate surface area is 118 Å². The Morgan fingerprint density at radius 3 is 2.55 bits per heavy atom. The molecule has 1 unspecified atom stereocenters. The van der Waals surface area contributed by atoms with Crippen molar-refractivity contribution >= 4 is 5.97 Å². The summed E-state index contributed by atoms with van der Waals surface area (Å²) in [6.45, 7) is 2.00. The zero-order valence-electron chi connectivity index (χ0n) is 11.9. The van der Waals surface area contributed by atoms with Gasteiger partial charge in [0.2, 0.25) is 0 Å². The molecule has 5 nitrogen and oxygen atoms in total. The fourth-order valence-corrected chi connectivity index (χ4v) is 1.98. The molecule has 1 aromatic rings. The van der Waals surface area contributed by atoms with Crippen LogP contribution in [-0.4, -0.2) is 36.4 Å². The molecule has 2 rings (SSSR count). The first-order valence-corrected chi connectivity index (χ1v) is 6.76. The molecule has 20 heavy (non-hydrogen) atoms. The number of carbonyl (C=O) groups is 1. The maximum absolute atomic E-state index is 11.9. The first kappa shape index (κ1) is 14.8. The predicted octanol–water partition coefficient (Wildman–Crippen LogP) is 1.24. The van der Waals surface area contributed by atoms with Gasteiger partial charge in [0.05, 0.1) is 13.7 Å². The Kier molecular flexibility index (Phi) is 4.62. The smallest absolute Gasteiger partial charge is 0.329 e. The zero-order valence-corrected chi connectivity index (χ0v) is 11.9. The Balaban J connectivity index is 1.97. The highest BCUT2D eigenvalue weighted by Gasteiger charge is 2.40. The highest BCUT2D eigenvalue weighted by atomic mass is 16.5. The largest absolute Gasteiger partial charge is 0.491 e. The van der Waals surface area contributed by atoms with Gasteiger partial charge in [0.15, 0.2) is 0 Å². The number of rotatable bonds is 7. The summed E-state index contributed by atoms with van der Waals surface area (Å²) in [7, 11) is 1.38. The van der Waals surface area contributed by atoms with Crippen LogP contribution in [0.25, 0.3) is 0 Å². The van der Waals surface area contributed by atoms with Gasteiger partial charge in [-0.3, -0.25) is 5.32 Å². The zero-order chi connectivity index (χ0) is 14.6. The van der Waals surface area contributed by atoms with Crippen molar-refractivity contribution in [3.8, 4) is 5.75 Å². The quantitative estimate of drug-likeness (QED) is 0.735. The van der Waals surface area contributed by atoms with Crippen LogP contribution < -0.4 is 10.1 Å². The third-order valence-electron chi connectivity index (χ3n) is 3.37. The highest BCUT2D eigenvalue weighted by Crippen LogP contribution is 2.24. The van der Waals surface area contributed by atoms with Gasteiger partial charge in [-0.2, -0.15) is 0 Å². The van der Waals surface area contributed by atoms with Gasteiger partial charge in [0, 0.05) is 6.04 Å². The van der Waals surface area contributed by atoms with Gasteiger partial charge in [-0.15, -0.1) is 0 Å². The Morgan fingerprint density at radius 1 is 1.40 bits per heavy atom. The number of hydrogen-bond acceptors (Lipinski definition) is 5. The summed E-state index contributed by atoms with van der Waals surface area (Å²) in [4.78, 5) is 11.9. The molecule has 0 saturated heterocycles. The normalized spacial score (nSPS) is 17.4. The fourth-order valence-electron chi connectivity index (χ4n) is 1.98. The van der Waals surface area contributed by atoms with Crippen molar-refractivity contribution in [2.45, 2.75) is 38.0 Å². The van der Waals surface area contributed by atoms with Crippen LogP contribution >= 0.6 is 0 Å². The summed E-state index contributed by atoms with van der Waals surface area (Å²) in [5, 5.41) is 12.3. The second-order valence-electron chi connectivity index (χ2n) is 5.33. The van der Waals surface area contributed by atoms with Crippen LogP contribution in [0.2, 0.25) is 0 Å². The molecular weight excluding hydrogens is 258 g/mol. The molecule has 1 saturated carbocycles. The molecule has 1 aliphatic carbocycles. The van der Waals surface area contributed by atoms with Gasteiger partial charge < -0.3 is 14.6 Å². The second-order valence-corrected chi connectivity index (χ2v) is 5.33. The number of carbonyl (C=O) groups excluding carboxylic acids is 1. The van der Waals surface area contributed by atoms with E-state index in [2.05, 4.69) is 5.32 Å². The fraction of sp³-hybridized carbons (Fsp3) is 0.533. The molecular formula is C15H21NO4. The summed E-state index contributed by atoms with van der Waals surface area (Å²) < 4.78 is 10.5. The third kappa shape index (κ3) is 3.71. The highest BCUT2D eigenvalue weighted by molar-refractivity contribution is 5.80. The lowest BCUT2D eigenvalue weighted by Crippen LogP contribution is -2.55. The van der Waals surface area contributed by atoms with Crippen molar-refractivity contribution in [3.05, 3.63) is 29.8 Å². The maximum atomic E-state index is 11.9. The second kappa shape index (κ2) is 6.24. The van der Waals surface area contributed by atoms with E-state index in [1.54, 1.807) is 31.2 Å². The van der Waals surface area contributed by atoms with Crippen LogP contribution in [-0.2, 0) is 16.1 Å². The van der Waals surface area contributed by atoms with Crippen molar-refractivity contribution in [1.29, 1.82) is 0 Å². The maximum Gasteiger partial charge on any atom is 0.329 e. The van der Waals surface area contributed by atoms with E-state index in [1.807, 2.05) is 0 Å². The van der Waals surface area contributed by atoms with Gasteiger partial charge in [-0.25, -0.2) is 4.79 Å². The Bertz CT molecular complexity index is 455. The molecule has 1 atom stereocenters. The van der Waals surface area contributed by atoms with Crippen molar-refractivity contribution in [1.82, 2.24) is 5.32 Å². The van der Waals surface area contributed by atoms with E-state index in [0.717, 1.165) is 18.4 Å². The van der Waals surface area contributed by atoms with Crippen LogP contribution in [0.3, 0.4) is 0 Å². The first-order valence-electron chi connectivity index (χ1n) is 6.76. The molecule has 0 aromatic heterocycles. The van der Waals surface area contributed by atoms with E-state index in [0.29, 0.717) is 11.8 Å². The van der Waals surface area contributed by atoms with Crippen molar-refractivity contribution in [2.24, 2.45) is 0 Å². The molecule has 0 spiro atoms. The van der Waals surface area contributed by atoms with E-state index in [4.69, 9.17) is 14.6 Å². The van der Waals surface area contributed by atoms with E-state index in [1.165, 1.54) is 7.11 Å². The lowest BCUT2D eigenvalue weighted by molar-refractivity contribution is -0.149. The molecule has 0 heterocycles. The first-order chi connectivity index (χ1) is 9.57. The average molecular weight is 279 g/mol. The monoisotopic (exact) mass is 279 g/mol. The minimum Gasteiger partial charge on any atom is -0.491 e. The molecule has 0 radical (unpaired) electrons. The van der Waals surface area contributed by atoms with Crippen molar-refractivity contribution < 1.29 is 19.4 Å². The van der Waals surface area contributed by atoms with E-state index in [-0.39, 0.29) is 19.2 Å². The summed E-state index contributed by atoms with van der Waals surface area (Å²) in [6, 6.07) is 7.51. The van der Waals surface area contributed by atoms with Crippen molar-refractivity contribution in [2.75, 3.05) is 13.7 Å². The molecule has 110 valence electrons. The number of ether oxygens (including phenoxy) is 2. The van der Waals surface area contributed by atoms with E-state index >= 15 is 0 Å². The van der Waals surface area contributed by atoms with Gasteiger partial charge in [-0.05, 0) is 37.5 Å². The summed E-state index contributed by atoms with van der Waals surface area (Å²) in [5.41, 5.74) is -0.0184. The Morgan fingerprint density at radius 2 is 2.05 bits per heavy atom. The lowest BCUT2D eigenvalue weighted by Gasteiger charge is -2.28. The minimum atomic E-state index is -0.842. The molecule has 1 fully saturated rings. The van der Waals surface area contributed by atoms with Crippen LogP contribution in [0.5, 0.6) is 5.75 Å². The average Bonchev–Trinajstić information content (AvgIpc) is 3.28. The molecule has 1 aromatic carbocycles. The topological polar surface area (TPSA) is 67.8 Å². The SMILES string of the molecule is COC(=O)C(C)(COc1ccc(CO)cc1)NC1CC1. The molecule has 0 aliphatic heterocycles. The summed E-state index contributed by atoms with van der Waals surface area (Å²) in [6.07, 6.45) is 2.16. The number of nitrogens with one attached hydrogen (secondary N) is 1. The standard InChI is InChI=1S/C15H21NO4/c1-15(14(18)19-2,16-12-5-6-12)10-20-13-7-3-11(9-17)4-8-13/h3-4,7-8,12,16-17H,5-6,9-10H2,1-2H3. The lowest BCUT2D eigenvalue weighted by atomic mass is 10.0. The summed E-state index contributed by atoms with van der Waals surface area (Å²) >= 11 is 0. The van der Waals surface area contributed by atoms with Gasteiger partial charge in [0.1, 0.15) is 17.9 Å².